The largest absolute Gasteiger partial charge is 1.00 e. The Morgan fingerprint density at radius 1 is 1.07 bits per heavy atom. The minimum absolute atomic E-state index is 0. The maximum Gasteiger partial charge on any atom is 0.231 e. The monoisotopic (exact) mass is 479 g/mol. The molecule has 0 radical (unpaired) electrons. The van der Waals surface area contributed by atoms with Gasteiger partial charge in [0.05, 0.1) is 25.2 Å². The van der Waals surface area contributed by atoms with Gasteiger partial charge in [-0.25, -0.2) is 0 Å². The summed E-state index contributed by atoms with van der Waals surface area (Å²) in [7, 11) is 3.25. The highest BCUT2D eigenvalue weighted by Crippen LogP contribution is 2.43. The average molecular weight is 479 g/mol. The molecule has 3 aromatic rings. The fourth-order valence-electron chi connectivity index (χ4n) is 3.80. The Kier molecular flexibility index (Phi) is 4.51. The molecule has 5 rings (SSSR count). The second-order valence-electron chi connectivity index (χ2n) is 6.42. The van der Waals surface area contributed by atoms with Crippen LogP contribution in [0.25, 0.3) is 22.0 Å². The first kappa shape index (κ1) is 18.1. The molecule has 1 unspecified atom stereocenters. The molecule has 0 aliphatic carbocycles. The van der Waals surface area contributed by atoms with Crippen LogP contribution in [0.2, 0.25) is 0 Å². The first-order valence-electron chi connectivity index (χ1n) is 8.39. The quantitative estimate of drug-likeness (QED) is 0.401. The molecule has 1 atom stereocenters. The van der Waals surface area contributed by atoms with Crippen molar-refractivity contribution in [1.29, 1.82) is 0 Å². The zero-order valence-electron chi connectivity index (χ0n) is 14.9. The van der Waals surface area contributed by atoms with Crippen LogP contribution in [0.5, 0.6) is 23.0 Å². The summed E-state index contributed by atoms with van der Waals surface area (Å²) >= 11 is 0. The van der Waals surface area contributed by atoms with Crippen LogP contribution in [-0.2, 0) is 6.54 Å². The third-order valence-electron chi connectivity index (χ3n) is 5.05. The van der Waals surface area contributed by atoms with E-state index in [9.17, 15) is 5.11 Å². The molecule has 0 saturated heterocycles. The van der Waals surface area contributed by atoms with Crippen molar-refractivity contribution in [3.63, 3.8) is 0 Å². The third-order valence-corrected chi connectivity index (χ3v) is 5.05. The number of benzene rings is 2. The molecular weight excluding hydrogens is 461 g/mol. The van der Waals surface area contributed by atoms with Crippen molar-refractivity contribution in [3.8, 4) is 34.3 Å². The molecule has 0 amide bonds. The molecule has 7 heteroatoms. The maximum atomic E-state index is 10.7. The fourth-order valence-corrected chi connectivity index (χ4v) is 3.80. The van der Waals surface area contributed by atoms with E-state index in [-0.39, 0.29) is 30.8 Å². The van der Waals surface area contributed by atoms with Crippen molar-refractivity contribution in [2.75, 3.05) is 21.0 Å². The molecule has 2 aliphatic rings. The molecule has 2 aliphatic heterocycles. The van der Waals surface area contributed by atoms with Gasteiger partial charge in [-0.1, -0.05) is 0 Å². The highest BCUT2D eigenvalue weighted by molar-refractivity contribution is 5.91. The zero-order chi connectivity index (χ0) is 17.8. The number of nitrogens with zero attached hydrogens (tertiary/aromatic N) is 1. The molecule has 0 fully saturated rings. The number of aliphatic hydroxyl groups excluding tert-OH is 1. The van der Waals surface area contributed by atoms with Gasteiger partial charge in [-0.3, -0.25) is 0 Å². The number of methoxy groups -OCH3 is 2. The van der Waals surface area contributed by atoms with Gasteiger partial charge in [0.25, 0.3) is 0 Å². The Hall–Kier alpha value is -2.26. The van der Waals surface area contributed by atoms with E-state index < -0.39 is 6.10 Å². The topological polar surface area (TPSA) is 61.0 Å². The summed E-state index contributed by atoms with van der Waals surface area (Å²) in [5.41, 5.74) is 2.82. The first-order valence-corrected chi connectivity index (χ1v) is 8.39. The minimum Gasteiger partial charge on any atom is -1.00 e. The summed E-state index contributed by atoms with van der Waals surface area (Å²) in [5, 5.41) is 12.6. The number of hydrogen-bond acceptors (Lipinski definition) is 5. The summed E-state index contributed by atoms with van der Waals surface area (Å²) in [6, 6.07) is 9.83. The van der Waals surface area contributed by atoms with Crippen LogP contribution in [-0.4, -0.2) is 26.1 Å². The second kappa shape index (κ2) is 6.72. The van der Waals surface area contributed by atoms with E-state index in [4.69, 9.17) is 18.9 Å². The van der Waals surface area contributed by atoms with Gasteiger partial charge in [-0.15, -0.1) is 0 Å². The van der Waals surface area contributed by atoms with Crippen LogP contribution < -0.4 is 47.5 Å². The number of aromatic nitrogens is 1. The lowest BCUT2D eigenvalue weighted by Crippen LogP contribution is -3.00. The number of hydrogen-bond donors (Lipinski definition) is 1. The van der Waals surface area contributed by atoms with Crippen molar-refractivity contribution in [1.82, 2.24) is 0 Å². The van der Waals surface area contributed by atoms with Gasteiger partial charge < -0.3 is 48.0 Å². The lowest BCUT2D eigenvalue weighted by Gasteiger charge is -2.21. The van der Waals surface area contributed by atoms with Crippen LogP contribution in [0.4, 0.5) is 0 Å². The van der Waals surface area contributed by atoms with Crippen LogP contribution in [0.3, 0.4) is 0 Å². The van der Waals surface area contributed by atoms with Gasteiger partial charge in [0.1, 0.15) is 6.10 Å². The maximum absolute atomic E-state index is 10.7. The smallest absolute Gasteiger partial charge is 0.231 e. The van der Waals surface area contributed by atoms with Crippen molar-refractivity contribution in [2.45, 2.75) is 12.6 Å². The molecule has 6 nitrogen and oxygen atoms in total. The van der Waals surface area contributed by atoms with Crippen molar-refractivity contribution in [2.24, 2.45) is 0 Å². The summed E-state index contributed by atoms with van der Waals surface area (Å²) in [5.74, 6) is 2.76. The van der Waals surface area contributed by atoms with E-state index in [1.165, 1.54) is 0 Å². The Bertz CT molecular complexity index is 1050. The van der Waals surface area contributed by atoms with Gasteiger partial charge in [-0.2, -0.15) is 4.57 Å². The summed E-state index contributed by atoms with van der Waals surface area (Å²) < 4.78 is 24.0. The third kappa shape index (κ3) is 2.68. The van der Waals surface area contributed by atoms with E-state index in [0.717, 1.165) is 27.6 Å². The molecule has 0 spiro atoms. The molecule has 3 heterocycles. The molecule has 27 heavy (non-hydrogen) atoms. The number of fused-ring (bicyclic) bond motifs is 5. The summed E-state index contributed by atoms with van der Waals surface area (Å²) in [6.45, 7) is 0.668. The van der Waals surface area contributed by atoms with Crippen LogP contribution in [0, 0.1) is 0 Å². The summed E-state index contributed by atoms with van der Waals surface area (Å²) in [4.78, 5) is 0. The Morgan fingerprint density at radius 2 is 1.85 bits per heavy atom. The summed E-state index contributed by atoms with van der Waals surface area (Å²) in [6.07, 6.45) is 1.38. The van der Waals surface area contributed by atoms with Crippen LogP contribution >= 0.6 is 0 Å². The fraction of sp³-hybridized carbons (Fsp3) is 0.250. The average Bonchev–Trinajstić information content (AvgIpc) is 3.12. The number of pyridine rings is 1. The van der Waals surface area contributed by atoms with Crippen molar-refractivity contribution < 1.29 is 52.6 Å². The van der Waals surface area contributed by atoms with E-state index in [1.54, 1.807) is 14.2 Å². The number of rotatable bonds is 2. The molecule has 0 bridgehead atoms. The molecule has 0 saturated carbocycles. The predicted octanol–water partition coefficient (Wildman–Crippen LogP) is -0.409. The van der Waals surface area contributed by atoms with Gasteiger partial charge in [-0.05, 0) is 29.7 Å². The Morgan fingerprint density at radius 3 is 2.59 bits per heavy atom. The van der Waals surface area contributed by atoms with Crippen LogP contribution in [0.15, 0.2) is 36.5 Å². The number of aliphatic hydroxyl groups is 1. The van der Waals surface area contributed by atoms with E-state index >= 15 is 0 Å². The Balaban J connectivity index is 0.00000180. The van der Waals surface area contributed by atoms with Gasteiger partial charge in [0.15, 0.2) is 35.7 Å². The first-order chi connectivity index (χ1) is 12.7. The van der Waals surface area contributed by atoms with E-state index in [1.807, 2.05) is 35.0 Å². The lowest BCUT2D eigenvalue weighted by atomic mass is 9.93. The molecule has 1 N–H and O–H groups in total. The number of ether oxygens (including phenoxy) is 4. The minimum atomic E-state index is -0.619. The molecular formula is C20H18INO5. The van der Waals surface area contributed by atoms with E-state index in [2.05, 4.69) is 6.07 Å². The number of halogens is 1. The van der Waals surface area contributed by atoms with Crippen molar-refractivity contribution >= 4 is 10.8 Å². The SMILES string of the molecule is COc1ccc2cc3[n+](cc2c1OC)CC(O)c1cc2c(cc1-3)OCO2.[I-]. The Labute approximate surface area is 173 Å². The predicted molar refractivity (Wildman–Crippen MR) is 93.8 cm³/mol. The van der Waals surface area contributed by atoms with Gasteiger partial charge >= 0.3 is 0 Å². The normalized spacial score (nSPS) is 16.3. The van der Waals surface area contributed by atoms with E-state index in [0.29, 0.717) is 29.5 Å². The molecule has 140 valence electrons. The second-order valence-corrected chi connectivity index (χ2v) is 6.42. The highest BCUT2D eigenvalue weighted by Gasteiger charge is 2.33. The standard InChI is InChI=1S/C20H18NO5.HI/c1-23-17-4-3-11-5-15-12-6-18-19(26-10-25-18)7-13(12)16(22)9-21(15)8-14(11)20(17)24-2;/h3-8,16,22H,9-10H2,1-2H3;1H/q+1;/p-1. The zero-order valence-corrected chi connectivity index (χ0v) is 17.0. The van der Waals surface area contributed by atoms with Crippen molar-refractivity contribution in [3.05, 3.63) is 42.1 Å². The van der Waals surface area contributed by atoms with Gasteiger partial charge in [0.2, 0.25) is 12.5 Å². The highest BCUT2D eigenvalue weighted by atomic mass is 127. The van der Waals surface area contributed by atoms with Crippen LogP contribution in [0.1, 0.15) is 11.7 Å². The molecule has 2 aromatic carbocycles. The molecule has 1 aromatic heterocycles. The lowest BCUT2D eigenvalue weighted by molar-refractivity contribution is -0.695. The van der Waals surface area contributed by atoms with Gasteiger partial charge in [0, 0.05) is 11.6 Å².